The van der Waals surface area contributed by atoms with E-state index in [-0.39, 0.29) is 5.69 Å². The third-order valence-corrected chi connectivity index (χ3v) is 3.84. The average Bonchev–Trinajstić information content (AvgIpc) is 2.96. The Bertz CT molecular complexity index is 757. The van der Waals surface area contributed by atoms with E-state index in [0.717, 1.165) is 10.9 Å². The molecule has 7 heteroatoms. The van der Waals surface area contributed by atoms with Gasteiger partial charge in [-0.2, -0.15) is 0 Å². The molecule has 0 spiro atoms. The Morgan fingerprint density at radius 2 is 2.21 bits per heavy atom. The number of aromatic nitrogens is 5. The van der Waals surface area contributed by atoms with Crippen molar-refractivity contribution in [2.45, 2.75) is 11.7 Å². The van der Waals surface area contributed by atoms with Gasteiger partial charge < -0.3 is 4.57 Å². The molecule has 0 unspecified atom stereocenters. The van der Waals surface area contributed by atoms with Gasteiger partial charge in [0.25, 0.3) is 0 Å². The second kappa shape index (κ2) is 4.93. The predicted octanol–water partition coefficient (Wildman–Crippen LogP) is 1.02. The average molecular weight is 275 g/mol. The third-order valence-electron chi connectivity index (χ3n) is 2.80. The van der Waals surface area contributed by atoms with Gasteiger partial charge in [0.15, 0.2) is 10.8 Å². The number of aryl methyl sites for hydroxylation is 2. The van der Waals surface area contributed by atoms with Crippen LogP contribution >= 0.6 is 11.8 Å². The Morgan fingerprint density at radius 1 is 1.32 bits per heavy atom. The zero-order valence-electron chi connectivity index (χ0n) is 10.4. The summed E-state index contributed by atoms with van der Waals surface area (Å²) >= 11 is 1.61. The van der Waals surface area contributed by atoms with E-state index in [9.17, 15) is 4.79 Å². The smallest absolute Gasteiger partial charge is 0.329 e. The van der Waals surface area contributed by atoms with Crippen molar-refractivity contribution in [1.29, 1.82) is 0 Å². The zero-order valence-corrected chi connectivity index (χ0v) is 11.2. The number of hydrogen-bond acceptors (Lipinski definition) is 4. The first-order valence-corrected chi connectivity index (χ1v) is 6.88. The van der Waals surface area contributed by atoms with Crippen LogP contribution in [0.3, 0.4) is 0 Å². The van der Waals surface area contributed by atoms with Gasteiger partial charge in [-0.25, -0.2) is 14.5 Å². The fourth-order valence-corrected chi connectivity index (χ4v) is 2.67. The van der Waals surface area contributed by atoms with Crippen molar-refractivity contribution in [3.05, 3.63) is 47.3 Å². The molecule has 0 fully saturated rings. The zero-order chi connectivity index (χ0) is 13.2. The van der Waals surface area contributed by atoms with E-state index in [1.807, 2.05) is 36.0 Å². The standard InChI is InChI=1S/C12H13N5OS/c1-15-7-5-13-11(15)19-9-8-17-12(18)16-6-3-2-4-10(16)14-17/h2-7H,8-9H2,1H3. The topological polar surface area (TPSA) is 57.1 Å². The van der Waals surface area contributed by atoms with Crippen molar-refractivity contribution >= 4 is 17.4 Å². The largest absolute Gasteiger partial charge is 0.350 e. The van der Waals surface area contributed by atoms with Gasteiger partial charge in [-0.05, 0) is 12.1 Å². The van der Waals surface area contributed by atoms with E-state index >= 15 is 0 Å². The summed E-state index contributed by atoms with van der Waals surface area (Å²) in [7, 11) is 1.95. The predicted molar refractivity (Wildman–Crippen MR) is 73.4 cm³/mol. The molecule has 0 radical (unpaired) electrons. The normalized spacial score (nSPS) is 11.2. The van der Waals surface area contributed by atoms with E-state index in [2.05, 4.69) is 10.1 Å². The molecule has 3 rings (SSSR count). The molecule has 3 aromatic rings. The second-order valence-corrected chi connectivity index (χ2v) is 5.17. The highest BCUT2D eigenvalue weighted by Gasteiger charge is 2.06. The van der Waals surface area contributed by atoms with Gasteiger partial charge in [0.2, 0.25) is 0 Å². The molecule has 98 valence electrons. The van der Waals surface area contributed by atoms with Crippen LogP contribution in [0.2, 0.25) is 0 Å². The number of fused-ring (bicyclic) bond motifs is 1. The van der Waals surface area contributed by atoms with Gasteiger partial charge in [0, 0.05) is 31.4 Å². The van der Waals surface area contributed by atoms with Gasteiger partial charge in [0.05, 0.1) is 6.54 Å². The molecule has 6 nitrogen and oxygen atoms in total. The Kier molecular flexibility index (Phi) is 3.12. The molecule has 0 aliphatic rings. The van der Waals surface area contributed by atoms with Crippen LogP contribution in [-0.4, -0.2) is 29.5 Å². The number of imidazole rings is 1. The highest BCUT2D eigenvalue weighted by Crippen LogP contribution is 2.14. The van der Waals surface area contributed by atoms with Gasteiger partial charge in [0.1, 0.15) is 0 Å². The summed E-state index contributed by atoms with van der Waals surface area (Å²) in [5.41, 5.74) is 0.575. The molecule has 0 amide bonds. The van der Waals surface area contributed by atoms with E-state index in [4.69, 9.17) is 0 Å². The summed E-state index contributed by atoms with van der Waals surface area (Å²) < 4.78 is 4.99. The first-order valence-electron chi connectivity index (χ1n) is 5.90. The highest BCUT2D eigenvalue weighted by atomic mass is 32.2. The maximum Gasteiger partial charge on any atom is 0.350 e. The lowest BCUT2D eigenvalue weighted by atomic mass is 10.5. The molecule has 0 aliphatic heterocycles. The van der Waals surface area contributed by atoms with E-state index in [1.54, 1.807) is 28.6 Å². The Hall–Kier alpha value is -2.02. The number of pyridine rings is 1. The SMILES string of the molecule is Cn1ccnc1SCCn1nc2ccccn2c1=O. The number of thioether (sulfide) groups is 1. The summed E-state index contributed by atoms with van der Waals surface area (Å²) in [6.07, 6.45) is 5.39. The van der Waals surface area contributed by atoms with Crippen LogP contribution < -0.4 is 5.69 Å². The highest BCUT2D eigenvalue weighted by molar-refractivity contribution is 7.99. The molecule has 0 aliphatic carbocycles. The van der Waals surface area contributed by atoms with Crippen molar-refractivity contribution in [2.24, 2.45) is 7.05 Å². The number of nitrogens with zero attached hydrogens (tertiary/aromatic N) is 5. The van der Waals surface area contributed by atoms with Crippen molar-refractivity contribution in [3.63, 3.8) is 0 Å². The minimum atomic E-state index is -0.101. The number of hydrogen-bond donors (Lipinski definition) is 0. The lowest BCUT2D eigenvalue weighted by Crippen LogP contribution is -2.22. The summed E-state index contributed by atoms with van der Waals surface area (Å²) in [5, 5.41) is 5.22. The third kappa shape index (κ3) is 2.28. The van der Waals surface area contributed by atoms with E-state index in [1.165, 1.54) is 4.68 Å². The lowest BCUT2D eigenvalue weighted by molar-refractivity contribution is 0.638. The van der Waals surface area contributed by atoms with Crippen LogP contribution in [0.4, 0.5) is 0 Å². The van der Waals surface area contributed by atoms with Gasteiger partial charge in [-0.15, -0.1) is 5.10 Å². The minimum Gasteiger partial charge on any atom is -0.329 e. The number of rotatable bonds is 4. The van der Waals surface area contributed by atoms with Crippen LogP contribution in [0, 0.1) is 0 Å². The molecule has 0 N–H and O–H groups in total. The molecule has 0 saturated carbocycles. The molecule has 3 aromatic heterocycles. The van der Waals surface area contributed by atoms with Crippen LogP contribution in [0.15, 0.2) is 46.7 Å². The lowest BCUT2D eigenvalue weighted by Gasteiger charge is -2.00. The Morgan fingerprint density at radius 3 is 2.95 bits per heavy atom. The molecule has 0 aromatic carbocycles. The molecule has 0 saturated heterocycles. The Balaban J connectivity index is 1.74. The van der Waals surface area contributed by atoms with Crippen LogP contribution in [0.1, 0.15) is 0 Å². The summed E-state index contributed by atoms with van der Waals surface area (Å²) in [6.45, 7) is 0.568. The van der Waals surface area contributed by atoms with Gasteiger partial charge in [-0.3, -0.25) is 4.40 Å². The van der Waals surface area contributed by atoms with Gasteiger partial charge in [-0.1, -0.05) is 17.8 Å². The molecular formula is C12H13N5OS. The molecule has 0 bridgehead atoms. The van der Waals surface area contributed by atoms with Crippen molar-refractivity contribution in [1.82, 2.24) is 23.7 Å². The van der Waals surface area contributed by atoms with Gasteiger partial charge >= 0.3 is 5.69 Å². The maximum atomic E-state index is 12.0. The van der Waals surface area contributed by atoms with Crippen molar-refractivity contribution in [3.8, 4) is 0 Å². The molecule has 0 atom stereocenters. The minimum absolute atomic E-state index is 0.101. The summed E-state index contributed by atoms with van der Waals surface area (Å²) in [4.78, 5) is 16.2. The van der Waals surface area contributed by atoms with Crippen LogP contribution in [-0.2, 0) is 13.6 Å². The van der Waals surface area contributed by atoms with E-state index < -0.39 is 0 Å². The second-order valence-electron chi connectivity index (χ2n) is 4.10. The van der Waals surface area contributed by atoms with Crippen LogP contribution in [0.25, 0.3) is 5.65 Å². The fourth-order valence-electron chi connectivity index (χ4n) is 1.83. The van der Waals surface area contributed by atoms with Crippen molar-refractivity contribution < 1.29 is 0 Å². The first kappa shape index (κ1) is 12.0. The Labute approximate surface area is 113 Å². The first-order chi connectivity index (χ1) is 9.25. The fraction of sp³-hybridized carbons (Fsp3) is 0.250. The molecule has 19 heavy (non-hydrogen) atoms. The van der Waals surface area contributed by atoms with E-state index in [0.29, 0.717) is 12.2 Å². The summed E-state index contributed by atoms with van der Waals surface area (Å²) in [5.74, 6) is 0.759. The molecular weight excluding hydrogens is 262 g/mol. The quantitative estimate of drug-likeness (QED) is 0.667. The van der Waals surface area contributed by atoms with Crippen LogP contribution in [0.5, 0.6) is 0 Å². The maximum absolute atomic E-state index is 12.0. The molecule has 3 heterocycles. The summed E-state index contributed by atoms with van der Waals surface area (Å²) in [6, 6.07) is 5.52. The monoisotopic (exact) mass is 275 g/mol. The van der Waals surface area contributed by atoms with Crippen molar-refractivity contribution in [2.75, 3.05) is 5.75 Å².